The second kappa shape index (κ2) is 6.82. The van der Waals surface area contributed by atoms with Crippen molar-refractivity contribution in [2.45, 2.75) is 45.4 Å². The molecule has 2 heterocycles. The Hall–Kier alpha value is -2.70. The first kappa shape index (κ1) is 16.2. The standard InChI is InChI=1S/C17H21N5O2/c1-10(2)16-20-17(22-21-16)19-14(23)5-3-4-11-6-7-13-12(8-11)9-15(24)18-13/h6-8,10H,3-5,9H2,1-2H3,(H,18,24)(H2,19,20,21,22,23). The van der Waals surface area contributed by atoms with Crippen LogP contribution in [0.15, 0.2) is 18.2 Å². The van der Waals surface area contributed by atoms with Gasteiger partial charge >= 0.3 is 0 Å². The molecule has 0 aliphatic carbocycles. The zero-order valence-corrected chi connectivity index (χ0v) is 13.8. The van der Waals surface area contributed by atoms with Crippen LogP contribution in [-0.4, -0.2) is 27.0 Å². The molecule has 0 saturated heterocycles. The van der Waals surface area contributed by atoms with Gasteiger partial charge in [-0.3, -0.25) is 20.0 Å². The quantitative estimate of drug-likeness (QED) is 0.758. The highest BCUT2D eigenvalue weighted by Crippen LogP contribution is 2.24. The minimum atomic E-state index is -0.0951. The molecule has 1 aromatic heterocycles. The normalized spacial score (nSPS) is 13.0. The summed E-state index contributed by atoms with van der Waals surface area (Å²) in [5.41, 5.74) is 3.06. The van der Waals surface area contributed by atoms with Gasteiger partial charge in [0.25, 0.3) is 0 Å². The largest absolute Gasteiger partial charge is 0.326 e. The maximum Gasteiger partial charge on any atom is 0.248 e. The Balaban J connectivity index is 1.47. The molecule has 3 N–H and O–H groups in total. The molecule has 1 aliphatic rings. The molecule has 0 atom stereocenters. The zero-order valence-electron chi connectivity index (χ0n) is 13.8. The summed E-state index contributed by atoms with van der Waals surface area (Å²) >= 11 is 0. The molecule has 2 aromatic rings. The van der Waals surface area contributed by atoms with Gasteiger partial charge < -0.3 is 5.32 Å². The smallest absolute Gasteiger partial charge is 0.248 e. The van der Waals surface area contributed by atoms with E-state index in [4.69, 9.17) is 0 Å². The van der Waals surface area contributed by atoms with E-state index >= 15 is 0 Å². The van der Waals surface area contributed by atoms with Crippen LogP contribution in [0, 0.1) is 0 Å². The number of nitrogens with one attached hydrogen (secondary N) is 3. The first-order valence-electron chi connectivity index (χ1n) is 8.15. The van der Waals surface area contributed by atoms with Crippen LogP contribution in [0.5, 0.6) is 0 Å². The lowest BCUT2D eigenvalue weighted by Gasteiger charge is -2.04. The first-order valence-corrected chi connectivity index (χ1v) is 8.15. The van der Waals surface area contributed by atoms with E-state index < -0.39 is 0 Å². The fourth-order valence-electron chi connectivity index (χ4n) is 2.67. The van der Waals surface area contributed by atoms with E-state index in [1.807, 2.05) is 32.0 Å². The number of benzene rings is 1. The third-order valence-electron chi connectivity index (χ3n) is 3.96. The summed E-state index contributed by atoms with van der Waals surface area (Å²) in [4.78, 5) is 27.5. The van der Waals surface area contributed by atoms with Crippen LogP contribution in [0.25, 0.3) is 0 Å². The van der Waals surface area contributed by atoms with E-state index in [-0.39, 0.29) is 17.7 Å². The molecule has 126 valence electrons. The highest BCUT2D eigenvalue weighted by molar-refractivity contribution is 5.99. The molecule has 0 bridgehead atoms. The van der Waals surface area contributed by atoms with Crippen molar-refractivity contribution in [1.29, 1.82) is 0 Å². The van der Waals surface area contributed by atoms with Crippen LogP contribution >= 0.6 is 0 Å². The van der Waals surface area contributed by atoms with Crippen LogP contribution in [0.3, 0.4) is 0 Å². The Morgan fingerprint density at radius 3 is 2.96 bits per heavy atom. The fraction of sp³-hybridized carbons (Fsp3) is 0.412. The summed E-state index contributed by atoms with van der Waals surface area (Å²) in [6.45, 7) is 4.01. The number of amides is 2. The van der Waals surface area contributed by atoms with Crippen LogP contribution < -0.4 is 10.6 Å². The summed E-state index contributed by atoms with van der Waals surface area (Å²) in [5, 5.41) is 12.3. The summed E-state index contributed by atoms with van der Waals surface area (Å²) in [6.07, 6.45) is 2.36. The monoisotopic (exact) mass is 327 g/mol. The lowest BCUT2D eigenvalue weighted by molar-refractivity contribution is -0.116. The Labute approximate surface area is 140 Å². The minimum Gasteiger partial charge on any atom is -0.326 e. The molecule has 24 heavy (non-hydrogen) atoms. The van der Waals surface area contributed by atoms with Gasteiger partial charge in [-0.15, -0.1) is 5.10 Å². The summed E-state index contributed by atoms with van der Waals surface area (Å²) in [5.74, 6) is 1.26. The van der Waals surface area contributed by atoms with Crippen molar-refractivity contribution >= 4 is 23.5 Å². The number of nitrogens with zero attached hydrogens (tertiary/aromatic N) is 2. The Morgan fingerprint density at radius 2 is 2.21 bits per heavy atom. The number of hydrogen-bond acceptors (Lipinski definition) is 4. The molecule has 7 heteroatoms. The van der Waals surface area contributed by atoms with Crippen LogP contribution in [0.2, 0.25) is 0 Å². The summed E-state index contributed by atoms with van der Waals surface area (Å²) in [7, 11) is 0. The highest BCUT2D eigenvalue weighted by atomic mass is 16.2. The number of rotatable bonds is 6. The number of H-pyrrole nitrogens is 1. The van der Waals surface area contributed by atoms with Gasteiger partial charge in [-0.25, -0.2) is 0 Å². The van der Waals surface area contributed by atoms with Gasteiger partial charge in [-0.05, 0) is 30.0 Å². The number of carbonyl (C=O) groups is 2. The third-order valence-corrected chi connectivity index (χ3v) is 3.96. The van der Waals surface area contributed by atoms with Crippen molar-refractivity contribution in [1.82, 2.24) is 15.2 Å². The molecular weight excluding hydrogens is 306 g/mol. The molecule has 1 aromatic carbocycles. The highest BCUT2D eigenvalue weighted by Gasteiger charge is 2.17. The number of anilines is 2. The predicted octanol–water partition coefficient (Wildman–Crippen LogP) is 2.38. The minimum absolute atomic E-state index is 0.0359. The Kier molecular flexibility index (Phi) is 4.59. The second-order valence-electron chi connectivity index (χ2n) is 6.32. The molecule has 0 fully saturated rings. The van der Waals surface area contributed by atoms with Gasteiger partial charge in [0.1, 0.15) is 5.82 Å². The molecular formula is C17H21N5O2. The van der Waals surface area contributed by atoms with Gasteiger partial charge in [-0.1, -0.05) is 26.0 Å². The molecule has 0 unspecified atom stereocenters. The van der Waals surface area contributed by atoms with Crippen molar-refractivity contribution in [3.63, 3.8) is 0 Å². The number of aryl methyl sites for hydroxylation is 1. The van der Waals surface area contributed by atoms with E-state index in [2.05, 4.69) is 25.8 Å². The third kappa shape index (κ3) is 3.79. The number of carbonyl (C=O) groups excluding carboxylic acids is 2. The van der Waals surface area contributed by atoms with E-state index in [1.54, 1.807) is 0 Å². The molecule has 0 spiro atoms. The average Bonchev–Trinajstić information content (AvgIpc) is 3.12. The second-order valence-corrected chi connectivity index (χ2v) is 6.32. The Morgan fingerprint density at radius 1 is 1.38 bits per heavy atom. The Bertz CT molecular complexity index is 766. The topological polar surface area (TPSA) is 99.8 Å². The molecule has 0 radical (unpaired) electrons. The van der Waals surface area contributed by atoms with Gasteiger partial charge in [0.2, 0.25) is 17.8 Å². The van der Waals surface area contributed by atoms with Crippen molar-refractivity contribution in [3.8, 4) is 0 Å². The first-order chi connectivity index (χ1) is 11.5. The molecule has 3 rings (SSSR count). The molecule has 2 amide bonds. The van der Waals surface area contributed by atoms with Gasteiger partial charge in [0.15, 0.2) is 0 Å². The van der Waals surface area contributed by atoms with E-state index in [9.17, 15) is 9.59 Å². The van der Waals surface area contributed by atoms with Crippen molar-refractivity contribution in [2.75, 3.05) is 10.6 Å². The summed E-state index contributed by atoms with van der Waals surface area (Å²) in [6, 6.07) is 5.96. The van der Waals surface area contributed by atoms with Gasteiger partial charge in [0, 0.05) is 18.0 Å². The van der Waals surface area contributed by atoms with Crippen molar-refractivity contribution in [2.24, 2.45) is 0 Å². The molecule has 0 saturated carbocycles. The maximum absolute atomic E-state index is 12.0. The number of aromatic nitrogens is 3. The van der Waals surface area contributed by atoms with Crippen molar-refractivity contribution < 1.29 is 9.59 Å². The van der Waals surface area contributed by atoms with Crippen LogP contribution in [-0.2, 0) is 22.4 Å². The van der Waals surface area contributed by atoms with Crippen LogP contribution in [0.1, 0.15) is 49.6 Å². The zero-order chi connectivity index (χ0) is 17.1. The predicted molar refractivity (Wildman–Crippen MR) is 90.8 cm³/mol. The van der Waals surface area contributed by atoms with Crippen molar-refractivity contribution in [3.05, 3.63) is 35.2 Å². The van der Waals surface area contributed by atoms with E-state index in [0.717, 1.165) is 35.5 Å². The summed E-state index contributed by atoms with van der Waals surface area (Å²) < 4.78 is 0. The maximum atomic E-state index is 12.0. The van der Waals surface area contributed by atoms with E-state index in [0.29, 0.717) is 18.8 Å². The van der Waals surface area contributed by atoms with E-state index in [1.165, 1.54) is 0 Å². The average molecular weight is 327 g/mol. The number of hydrogen-bond donors (Lipinski definition) is 3. The lowest BCUT2D eigenvalue weighted by atomic mass is 10.0. The molecule has 1 aliphatic heterocycles. The SMILES string of the molecule is CC(C)c1nc(NC(=O)CCCc2ccc3c(c2)CC(=O)N3)n[nH]1. The number of fused-ring (bicyclic) bond motifs is 1. The van der Waals surface area contributed by atoms with Gasteiger partial charge in [0.05, 0.1) is 6.42 Å². The van der Waals surface area contributed by atoms with Gasteiger partial charge in [-0.2, -0.15) is 4.98 Å². The fourth-order valence-corrected chi connectivity index (χ4v) is 2.67. The van der Waals surface area contributed by atoms with Crippen LogP contribution in [0.4, 0.5) is 11.6 Å². The molecule has 7 nitrogen and oxygen atoms in total. The lowest BCUT2D eigenvalue weighted by Crippen LogP contribution is -2.12. The number of aromatic amines is 1.